The van der Waals surface area contributed by atoms with Crippen LogP contribution in [0.3, 0.4) is 0 Å². The highest BCUT2D eigenvalue weighted by Gasteiger charge is 2.27. The Kier molecular flexibility index (Phi) is 6.18. The van der Waals surface area contributed by atoms with Gasteiger partial charge in [-0.1, -0.05) is 0 Å². The van der Waals surface area contributed by atoms with Crippen molar-refractivity contribution < 1.29 is 14.5 Å². The summed E-state index contributed by atoms with van der Waals surface area (Å²) in [5.74, 6) is -0.807. The first kappa shape index (κ1) is 18.5. The predicted octanol–water partition coefficient (Wildman–Crippen LogP) is 4.70. The number of benzene rings is 1. The number of ether oxygens (including phenoxy) is 1. The van der Waals surface area contributed by atoms with E-state index in [9.17, 15) is 14.9 Å². The Morgan fingerprint density at radius 3 is 2.40 bits per heavy atom. The number of carbonyl (C=O) groups is 1. The van der Waals surface area contributed by atoms with Gasteiger partial charge in [0.05, 0.1) is 23.1 Å². The van der Waals surface area contributed by atoms with Gasteiger partial charge in [-0.3, -0.25) is 10.1 Å². The third kappa shape index (κ3) is 4.18. The highest BCUT2D eigenvalue weighted by atomic mass is 32.1. The molecule has 8 nitrogen and oxygen atoms in total. The fourth-order valence-corrected chi connectivity index (χ4v) is 3.08. The number of anilines is 1. The van der Waals surface area contributed by atoms with Crippen molar-refractivity contribution in [2.75, 3.05) is 25.1 Å². The second kappa shape index (κ2) is 8.34. The Morgan fingerprint density at radius 2 is 1.88 bits per heavy atom. The number of carbonyl (C=O) groups excluding carboxylic acids is 1. The maximum Gasteiger partial charge on any atom is 0.348 e. The summed E-state index contributed by atoms with van der Waals surface area (Å²) in [4.78, 5) is 24.4. The van der Waals surface area contributed by atoms with E-state index in [1.807, 2.05) is 12.1 Å². The van der Waals surface area contributed by atoms with Crippen molar-refractivity contribution in [3.8, 4) is 0 Å². The Balaban J connectivity index is 2.27. The minimum Gasteiger partial charge on any atom is -0.465 e. The van der Waals surface area contributed by atoms with E-state index < -0.39 is 10.9 Å². The number of hydrogen-bond acceptors (Lipinski definition) is 8. The molecule has 0 spiro atoms. The van der Waals surface area contributed by atoms with Crippen LogP contribution in [0.5, 0.6) is 0 Å². The summed E-state index contributed by atoms with van der Waals surface area (Å²) in [6, 6.07) is 7.47. The van der Waals surface area contributed by atoms with Crippen LogP contribution in [0.15, 0.2) is 39.9 Å². The monoisotopic (exact) mass is 362 g/mol. The number of methoxy groups -OCH3 is 1. The van der Waals surface area contributed by atoms with Crippen molar-refractivity contribution in [2.24, 2.45) is 10.2 Å². The van der Waals surface area contributed by atoms with E-state index in [0.29, 0.717) is 5.69 Å². The molecule has 0 aliphatic rings. The first-order valence-corrected chi connectivity index (χ1v) is 8.50. The first-order valence-electron chi connectivity index (χ1n) is 7.62. The fourth-order valence-electron chi connectivity index (χ4n) is 2.26. The molecule has 1 aromatic carbocycles. The molecule has 9 heteroatoms. The van der Waals surface area contributed by atoms with Crippen molar-refractivity contribution in [3.63, 3.8) is 0 Å². The standard InChI is InChI=1S/C16H18N4O4S/c1-4-19(5-2)12-8-6-11(7-9-12)17-18-15-14(16(21)24-3)13(10-25-15)20(22)23/h6-10H,4-5H2,1-3H3. The average Bonchev–Trinajstić information content (AvgIpc) is 3.05. The van der Waals surface area contributed by atoms with E-state index in [4.69, 9.17) is 0 Å². The van der Waals surface area contributed by atoms with Gasteiger partial charge in [-0.05, 0) is 38.1 Å². The molecule has 25 heavy (non-hydrogen) atoms. The summed E-state index contributed by atoms with van der Waals surface area (Å²) < 4.78 is 4.60. The number of nitro groups is 1. The summed E-state index contributed by atoms with van der Waals surface area (Å²) >= 11 is 0.972. The molecule has 1 aromatic heterocycles. The highest BCUT2D eigenvalue weighted by Crippen LogP contribution is 2.37. The summed E-state index contributed by atoms with van der Waals surface area (Å²) in [5.41, 5.74) is 1.15. The Morgan fingerprint density at radius 1 is 1.24 bits per heavy atom. The molecule has 0 N–H and O–H groups in total. The summed E-state index contributed by atoms with van der Waals surface area (Å²) in [6.45, 7) is 5.96. The lowest BCUT2D eigenvalue weighted by atomic mass is 10.2. The number of rotatable bonds is 7. The van der Waals surface area contributed by atoms with Crippen LogP contribution in [0.2, 0.25) is 0 Å². The van der Waals surface area contributed by atoms with Crippen LogP contribution >= 0.6 is 11.3 Å². The quantitative estimate of drug-likeness (QED) is 0.308. The molecule has 0 radical (unpaired) electrons. The number of hydrogen-bond donors (Lipinski definition) is 0. The Bertz CT molecular complexity index is 782. The molecule has 0 aliphatic heterocycles. The summed E-state index contributed by atoms with van der Waals surface area (Å²) in [6.07, 6.45) is 0. The van der Waals surface area contributed by atoms with Gasteiger partial charge in [0.25, 0.3) is 5.69 Å². The van der Waals surface area contributed by atoms with Gasteiger partial charge >= 0.3 is 5.97 Å². The molecule has 0 atom stereocenters. The van der Waals surface area contributed by atoms with Crippen LogP contribution in [0, 0.1) is 10.1 Å². The van der Waals surface area contributed by atoms with E-state index in [0.717, 1.165) is 37.2 Å². The lowest BCUT2D eigenvalue weighted by molar-refractivity contribution is -0.384. The van der Waals surface area contributed by atoms with Gasteiger partial charge in [-0.25, -0.2) is 4.79 Å². The second-order valence-electron chi connectivity index (χ2n) is 4.94. The van der Waals surface area contributed by atoms with Gasteiger partial charge in [-0.2, -0.15) is 0 Å². The van der Waals surface area contributed by atoms with Crippen molar-refractivity contribution in [1.29, 1.82) is 0 Å². The van der Waals surface area contributed by atoms with Crippen LogP contribution in [-0.4, -0.2) is 31.1 Å². The first-order chi connectivity index (χ1) is 12.0. The highest BCUT2D eigenvalue weighted by molar-refractivity contribution is 7.14. The Hall–Kier alpha value is -2.81. The molecule has 0 saturated heterocycles. The van der Waals surface area contributed by atoms with Crippen molar-refractivity contribution in [1.82, 2.24) is 0 Å². The third-order valence-corrected chi connectivity index (χ3v) is 4.42. The van der Waals surface area contributed by atoms with Crippen molar-refractivity contribution in [3.05, 3.63) is 45.3 Å². The van der Waals surface area contributed by atoms with Crippen LogP contribution < -0.4 is 4.90 Å². The molecule has 2 rings (SSSR count). The SMILES string of the molecule is CCN(CC)c1ccc(N=Nc2scc([N+](=O)[O-])c2C(=O)OC)cc1. The summed E-state index contributed by atoms with van der Waals surface area (Å²) in [5, 5.41) is 20.5. The van der Waals surface area contributed by atoms with Gasteiger partial charge in [0.1, 0.15) is 0 Å². The van der Waals surface area contributed by atoms with E-state index in [2.05, 4.69) is 33.7 Å². The summed E-state index contributed by atoms with van der Waals surface area (Å²) in [7, 11) is 1.16. The molecule has 0 saturated carbocycles. The van der Waals surface area contributed by atoms with Crippen molar-refractivity contribution in [2.45, 2.75) is 13.8 Å². The fraction of sp³-hybridized carbons (Fsp3) is 0.312. The van der Waals surface area contributed by atoms with Crippen LogP contribution in [0.4, 0.5) is 22.1 Å². The van der Waals surface area contributed by atoms with E-state index in [1.165, 1.54) is 5.38 Å². The zero-order valence-corrected chi connectivity index (χ0v) is 14.9. The molecule has 0 unspecified atom stereocenters. The maximum atomic E-state index is 11.8. The zero-order chi connectivity index (χ0) is 18.4. The predicted molar refractivity (Wildman–Crippen MR) is 96.5 cm³/mol. The van der Waals surface area contributed by atoms with E-state index in [-0.39, 0.29) is 16.3 Å². The van der Waals surface area contributed by atoms with Crippen LogP contribution in [0.25, 0.3) is 0 Å². The minimum absolute atomic E-state index is 0.145. The van der Waals surface area contributed by atoms with Crippen molar-refractivity contribution >= 4 is 39.4 Å². The smallest absolute Gasteiger partial charge is 0.348 e. The molecular formula is C16H18N4O4S. The van der Waals surface area contributed by atoms with Gasteiger partial charge in [0, 0.05) is 18.8 Å². The van der Waals surface area contributed by atoms with Gasteiger partial charge in [0.2, 0.25) is 0 Å². The topological polar surface area (TPSA) is 97.4 Å². The normalized spacial score (nSPS) is 10.8. The van der Waals surface area contributed by atoms with Crippen LogP contribution in [0.1, 0.15) is 24.2 Å². The number of nitrogens with zero attached hydrogens (tertiary/aromatic N) is 4. The van der Waals surface area contributed by atoms with Gasteiger partial charge < -0.3 is 9.64 Å². The Labute approximate surface area is 148 Å². The van der Waals surface area contributed by atoms with Gasteiger partial charge in [-0.15, -0.1) is 21.6 Å². The molecule has 0 amide bonds. The van der Waals surface area contributed by atoms with E-state index in [1.54, 1.807) is 12.1 Å². The lowest BCUT2D eigenvalue weighted by Crippen LogP contribution is -2.21. The second-order valence-corrected chi connectivity index (χ2v) is 5.80. The molecule has 0 bridgehead atoms. The number of azo groups is 1. The van der Waals surface area contributed by atoms with Gasteiger partial charge in [0.15, 0.2) is 10.6 Å². The molecule has 0 aliphatic carbocycles. The molecule has 132 valence electrons. The zero-order valence-electron chi connectivity index (χ0n) is 14.1. The van der Waals surface area contributed by atoms with Crippen LogP contribution in [-0.2, 0) is 4.74 Å². The van der Waals surface area contributed by atoms with E-state index >= 15 is 0 Å². The average molecular weight is 362 g/mol. The number of esters is 1. The lowest BCUT2D eigenvalue weighted by Gasteiger charge is -2.20. The maximum absolute atomic E-state index is 11.8. The number of thiophene rings is 1. The molecule has 1 heterocycles. The molecule has 2 aromatic rings. The third-order valence-electron chi connectivity index (χ3n) is 3.57. The molecular weight excluding hydrogens is 344 g/mol. The minimum atomic E-state index is -0.807. The largest absolute Gasteiger partial charge is 0.465 e. The molecule has 0 fully saturated rings.